The summed E-state index contributed by atoms with van der Waals surface area (Å²) in [5.74, 6) is 0. The van der Waals surface area contributed by atoms with E-state index in [0.29, 0.717) is 0 Å². The summed E-state index contributed by atoms with van der Waals surface area (Å²) in [6.45, 7) is 4.44. The summed E-state index contributed by atoms with van der Waals surface area (Å²) in [4.78, 5) is 0. The minimum atomic E-state index is -2.38. The van der Waals surface area contributed by atoms with Crippen molar-refractivity contribution in [1.82, 2.24) is 0 Å². The van der Waals surface area contributed by atoms with Gasteiger partial charge in [0, 0.05) is 0 Å². The van der Waals surface area contributed by atoms with Crippen LogP contribution in [-0.2, 0) is 0 Å². The molecule has 0 aliphatic heterocycles. The zero-order valence-electron chi connectivity index (χ0n) is 15.9. The van der Waals surface area contributed by atoms with Crippen LogP contribution in [0, 0.1) is 13.8 Å². The zero-order chi connectivity index (χ0) is 18.7. The summed E-state index contributed by atoms with van der Waals surface area (Å²) in [5, 5.41) is 5.76. The quantitative estimate of drug-likeness (QED) is 0.383. The van der Waals surface area contributed by atoms with Crippen LogP contribution in [0.5, 0.6) is 0 Å². The molecule has 0 radical (unpaired) electrons. The molecule has 0 N–H and O–H groups in total. The van der Waals surface area contributed by atoms with Crippen molar-refractivity contribution in [3.8, 4) is 0 Å². The van der Waals surface area contributed by atoms with Crippen molar-refractivity contribution in [1.29, 1.82) is 0 Å². The summed E-state index contributed by atoms with van der Waals surface area (Å²) in [6, 6.07) is 40.2. The monoisotopic (exact) mass is 364 g/mol. The Kier molecular flexibility index (Phi) is 4.78. The second-order valence-electron chi connectivity index (χ2n) is 7.17. The molecule has 0 saturated carbocycles. The van der Waals surface area contributed by atoms with Crippen molar-refractivity contribution < 1.29 is 0 Å². The number of rotatable bonds is 4. The molecule has 0 heterocycles. The van der Waals surface area contributed by atoms with Gasteiger partial charge in [-0.2, -0.15) is 0 Å². The minimum absolute atomic E-state index is 1.31. The molecule has 0 amide bonds. The highest BCUT2D eigenvalue weighted by Gasteiger charge is 2.42. The van der Waals surface area contributed by atoms with E-state index < -0.39 is 8.07 Å². The molecule has 0 bridgehead atoms. The van der Waals surface area contributed by atoms with Gasteiger partial charge in [-0.05, 0) is 34.6 Å². The van der Waals surface area contributed by atoms with Crippen molar-refractivity contribution in [3.05, 3.63) is 120 Å². The van der Waals surface area contributed by atoms with Gasteiger partial charge in [-0.15, -0.1) is 0 Å². The third-order valence-corrected chi connectivity index (χ3v) is 10.4. The number of aryl methyl sites for hydroxylation is 2. The molecule has 0 aliphatic carbocycles. The molecule has 0 atom stereocenters. The Labute approximate surface area is 163 Å². The van der Waals surface area contributed by atoms with E-state index in [1.54, 1.807) is 0 Å². The molecule has 27 heavy (non-hydrogen) atoms. The first-order chi connectivity index (χ1) is 13.2. The maximum atomic E-state index is 2.39. The van der Waals surface area contributed by atoms with E-state index in [-0.39, 0.29) is 0 Å². The van der Waals surface area contributed by atoms with Crippen molar-refractivity contribution in [2.75, 3.05) is 0 Å². The fourth-order valence-corrected chi connectivity index (χ4v) is 9.34. The van der Waals surface area contributed by atoms with E-state index >= 15 is 0 Å². The summed E-state index contributed by atoms with van der Waals surface area (Å²) in [5.41, 5.74) is 2.67. The van der Waals surface area contributed by atoms with Gasteiger partial charge in [0.2, 0.25) is 0 Å². The molecule has 1 heteroatoms. The Balaban J connectivity index is 2.18. The molecule has 0 spiro atoms. The second kappa shape index (κ2) is 7.38. The maximum absolute atomic E-state index is 2.39. The standard InChI is InChI=1S/C26H24Si/c1-21-12-11-18-25(20-21)27(23-14-5-3-6-15-23,24-16-7-4-8-17-24)26-19-10-9-13-22(26)2/h3-20H,1-2H3. The lowest BCUT2D eigenvalue weighted by Crippen LogP contribution is -2.75. The van der Waals surface area contributed by atoms with E-state index in [1.165, 1.54) is 31.9 Å². The number of benzene rings is 4. The van der Waals surface area contributed by atoms with Gasteiger partial charge in [-0.25, -0.2) is 0 Å². The first kappa shape index (κ1) is 17.5. The third-order valence-electron chi connectivity index (χ3n) is 5.41. The molecular formula is C26H24Si. The normalized spacial score (nSPS) is 11.3. The van der Waals surface area contributed by atoms with Crippen LogP contribution < -0.4 is 20.7 Å². The Bertz CT molecular complexity index is 996. The fraction of sp³-hybridized carbons (Fsp3) is 0.0769. The second-order valence-corrected chi connectivity index (χ2v) is 10.9. The van der Waals surface area contributed by atoms with Crippen molar-refractivity contribution in [2.45, 2.75) is 13.8 Å². The summed E-state index contributed by atoms with van der Waals surface area (Å²) < 4.78 is 0. The first-order valence-electron chi connectivity index (χ1n) is 9.47. The topological polar surface area (TPSA) is 0 Å². The van der Waals surface area contributed by atoms with E-state index in [4.69, 9.17) is 0 Å². The Morgan fingerprint density at radius 3 is 1.56 bits per heavy atom. The first-order valence-corrected chi connectivity index (χ1v) is 11.5. The van der Waals surface area contributed by atoms with E-state index in [0.717, 1.165) is 0 Å². The van der Waals surface area contributed by atoms with Crippen LogP contribution in [0.25, 0.3) is 0 Å². The molecule has 4 aromatic rings. The van der Waals surface area contributed by atoms with Gasteiger partial charge < -0.3 is 0 Å². The average molecular weight is 365 g/mol. The summed E-state index contributed by atoms with van der Waals surface area (Å²) in [7, 11) is -2.38. The van der Waals surface area contributed by atoms with Gasteiger partial charge in [-0.1, -0.05) is 120 Å². The molecule has 0 aromatic heterocycles. The van der Waals surface area contributed by atoms with Crippen molar-refractivity contribution in [3.63, 3.8) is 0 Å². The van der Waals surface area contributed by atoms with Crippen LogP contribution in [0.2, 0.25) is 0 Å². The SMILES string of the molecule is Cc1cccc([Si](c2ccccc2)(c2ccccc2)c2ccccc2C)c1. The van der Waals surface area contributed by atoms with Crippen LogP contribution in [0.15, 0.2) is 109 Å². The predicted molar refractivity (Wildman–Crippen MR) is 120 cm³/mol. The minimum Gasteiger partial charge on any atom is -0.0623 e. The highest BCUT2D eigenvalue weighted by atomic mass is 28.3. The van der Waals surface area contributed by atoms with Crippen LogP contribution in [0.1, 0.15) is 11.1 Å². The van der Waals surface area contributed by atoms with Crippen LogP contribution in [0.3, 0.4) is 0 Å². The van der Waals surface area contributed by atoms with E-state index in [9.17, 15) is 0 Å². The Morgan fingerprint density at radius 2 is 1.00 bits per heavy atom. The van der Waals surface area contributed by atoms with Crippen LogP contribution in [0.4, 0.5) is 0 Å². The third kappa shape index (κ3) is 3.05. The van der Waals surface area contributed by atoms with Gasteiger partial charge in [0.05, 0.1) is 0 Å². The predicted octanol–water partition coefficient (Wildman–Crippen LogP) is 3.68. The largest absolute Gasteiger partial charge is 0.179 e. The molecule has 0 aliphatic rings. The van der Waals surface area contributed by atoms with Gasteiger partial charge in [-0.3, -0.25) is 0 Å². The van der Waals surface area contributed by atoms with Crippen molar-refractivity contribution in [2.24, 2.45) is 0 Å². The Morgan fingerprint density at radius 1 is 0.481 bits per heavy atom. The van der Waals surface area contributed by atoms with Crippen LogP contribution in [-0.4, -0.2) is 8.07 Å². The molecule has 0 saturated heterocycles. The van der Waals surface area contributed by atoms with Crippen molar-refractivity contribution >= 4 is 28.8 Å². The molecular weight excluding hydrogens is 340 g/mol. The lowest BCUT2D eigenvalue weighted by Gasteiger charge is -2.35. The van der Waals surface area contributed by atoms with Gasteiger partial charge in [0.15, 0.2) is 8.07 Å². The maximum Gasteiger partial charge on any atom is 0.179 e. The fourth-order valence-electron chi connectivity index (χ4n) is 4.21. The Hall–Kier alpha value is -2.90. The highest BCUT2D eigenvalue weighted by molar-refractivity contribution is 7.20. The highest BCUT2D eigenvalue weighted by Crippen LogP contribution is 2.12. The van der Waals surface area contributed by atoms with E-state index in [2.05, 4.69) is 123 Å². The number of hydrogen-bond acceptors (Lipinski definition) is 0. The summed E-state index contributed by atoms with van der Waals surface area (Å²) >= 11 is 0. The molecule has 4 aromatic carbocycles. The van der Waals surface area contributed by atoms with Crippen LogP contribution >= 0.6 is 0 Å². The smallest absolute Gasteiger partial charge is 0.0623 e. The lowest BCUT2D eigenvalue weighted by atomic mass is 10.2. The van der Waals surface area contributed by atoms with Gasteiger partial charge in [0.25, 0.3) is 0 Å². The number of hydrogen-bond donors (Lipinski definition) is 0. The van der Waals surface area contributed by atoms with Gasteiger partial charge in [0.1, 0.15) is 0 Å². The molecule has 0 nitrogen and oxygen atoms in total. The molecule has 4 rings (SSSR count). The average Bonchev–Trinajstić information content (AvgIpc) is 2.72. The van der Waals surface area contributed by atoms with E-state index in [1.807, 2.05) is 0 Å². The molecule has 132 valence electrons. The van der Waals surface area contributed by atoms with Gasteiger partial charge >= 0.3 is 0 Å². The molecule has 0 unspecified atom stereocenters. The lowest BCUT2D eigenvalue weighted by molar-refractivity contribution is 1.48. The zero-order valence-corrected chi connectivity index (χ0v) is 16.9. The molecule has 0 fully saturated rings. The summed E-state index contributed by atoms with van der Waals surface area (Å²) in [6.07, 6.45) is 0.